The lowest BCUT2D eigenvalue weighted by Crippen LogP contribution is -2.29. The van der Waals surface area contributed by atoms with Crippen LogP contribution in [0.1, 0.15) is 52.4 Å². The third kappa shape index (κ3) is 22.2. The lowest BCUT2D eigenvalue weighted by atomic mass is 10.1. The zero-order valence-corrected chi connectivity index (χ0v) is 21.9. The van der Waals surface area contributed by atoms with Crippen molar-refractivity contribution in [2.45, 2.75) is 58.5 Å². The molecule has 0 saturated heterocycles. The minimum absolute atomic E-state index is 0.0220. The number of nitrogens with one attached hydrogen (secondary N) is 1. The summed E-state index contributed by atoms with van der Waals surface area (Å²) in [5.41, 5.74) is 0. The minimum atomic E-state index is -0.623. The summed E-state index contributed by atoms with van der Waals surface area (Å²) in [5, 5.41) is 2.56. The number of hydrogen-bond acceptors (Lipinski definition) is 11. The van der Waals surface area contributed by atoms with Crippen LogP contribution in [0.3, 0.4) is 0 Å². The van der Waals surface area contributed by atoms with Crippen molar-refractivity contribution >= 4 is 23.8 Å². The number of esters is 2. The van der Waals surface area contributed by atoms with E-state index >= 15 is 0 Å². The van der Waals surface area contributed by atoms with Crippen LogP contribution in [0.25, 0.3) is 0 Å². The largest absolute Gasteiger partial charge is 0.462 e. The Morgan fingerprint density at radius 1 is 0.722 bits per heavy atom. The van der Waals surface area contributed by atoms with Gasteiger partial charge in [-0.25, -0.2) is 4.79 Å². The minimum Gasteiger partial charge on any atom is -0.462 e. The van der Waals surface area contributed by atoms with E-state index in [1.54, 1.807) is 21.0 Å². The Hall–Kier alpha value is -2.28. The van der Waals surface area contributed by atoms with Gasteiger partial charge in [0.15, 0.2) is 0 Å². The molecule has 0 aliphatic heterocycles. The predicted octanol–water partition coefficient (Wildman–Crippen LogP) is 1.81. The van der Waals surface area contributed by atoms with Crippen LogP contribution in [0, 0.1) is 0 Å². The molecule has 0 radical (unpaired) electrons. The van der Waals surface area contributed by atoms with Crippen LogP contribution in [0.2, 0.25) is 0 Å². The maximum absolute atomic E-state index is 12.1. The van der Waals surface area contributed by atoms with Gasteiger partial charge in [-0.05, 0) is 12.8 Å². The molecule has 12 heteroatoms. The van der Waals surface area contributed by atoms with Gasteiger partial charge in [0, 0.05) is 45.9 Å². The lowest BCUT2D eigenvalue weighted by molar-refractivity contribution is -0.159. The summed E-state index contributed by atoms with van der Waals surface area (Å²) in [7, 11) is 1.58. The number of rotatable bonds is 24. The Balaban J connectivity index is 3.67. The third-order valence-electron chi connectivity index (χ3n) is 4.58. The molecule has 0 spiro atoms. The highest BCUT2D eigenvalue weighted by Gasteiger charge is 2.17. The molecule has 1 N–H and O–H groups in total. The maximum atomic E-state index is 12.1. The second kappa shape index (κ2) is 24.4. The molecule has 210 valence electrons. The zero-order valence-electron chi connectivity index (χ0n) is 21.9. The Bertz CT molecular complexity index is 601. The van der Waals surface area contributed by atoms with Gasteiger partial charge < -0.3 is 38.5 Å². The molecular weight excluding hydrogens is 478 g/mol. The van der Waals surface area contributed by atoms with Crippen LogP contribution < -0.4 is 5.32 Å². The van der Waals surface area contributed by atoms with E-state index in [0.29, 0.717) is 72.1 Å². The molecule has 1 atom stereocenters. The molecular formula is C24H43NO11. The van der Waals surface area contributed by atoms with Gasteiger partial charge >= 0.3 is 18.0 Å². The van der Waals surface area contributed by atoms with E-state index in [2.05, 4.69) is 5.32 Å². The smallest absolute Gasteiger partial charge is 0.407 e. The number of carbonyl (C=O) groups excluding carboxylic acids is 4. The number of Topliss-reactive ketones (excluding diaryl/α,β-unsaturated/α-hetero) is 1. The van der Waals surface area contributed by atoms with Crippen LogP contribution in [0.5, 0.6) is 0 Å². The van der Waals surface area contributed by atoms with E-state index in [-0.39, 0.29) is 44.2 Å². The molecule has 1 amide bonds. The number of amides is 1. The van der Waals surface area contributed by atoms with Crippen LogP contribution in [0.4, 0.5) is 4.79 Å². The molecule has 12 nitrogen and oxygen atoms in total. The van der Waals surface area contributed by atoms with Crippen molar-refractivity contribution in [1.82, 2.24) is 5.32 Å². The molecule has 0 aromatic rings. The van der Waals surface area contributed by atoms with Gasteiger partial charge in [-0.2, -0.15) is 0 Å². The summed E-state index contributed by atoms with van der Waals surface area (Å²) >= 11 is 0. The quantitative estimate of drug-likeness (QED) is 0.113. The van der Waals surface area contributed by atoms with Crippen LogP contribution >= 0.6 is 0 Å². The van der Waals surface area contributed by atoms with Crippen molar-refractivity contribution < 1.29 is 52.3 Å². The van der Waals surface area contributed by atoms with Crippen LogP contribution in [0.15, 0.2) is 0 Å². The number of hydrogen-bond donors (Lipinski definition) is 1. The first-order chi connectivity index (χ1) is 17.4. The number of methoxy groups -OCH3 is 1. The van der Waals surface area contributed by atoms with Crippen molar-refractivity contribution in [3.63, 3.8) is 0 Å². The topological polar surface area (TPSA) is 145 Å². The van der Waals surface area contributed by atoms with Crippen LogP contribution in [-0.2, 0) is 47.5 Å². The van der Waals surface area contributed by atoms with Crippen molar-refractivity contribution in [2.24, 2.45) is 0 Å². The van der Waals surface area contributed by atoms with Crippen molar-refractivity contribution in [3.05, 3.63) is 0 Å². The number of alkyl carbamates (subject to hydrolysis) is 1. The fourth-order valence-electron chi connectivity index (χ4n) is 2.59. The fraction of sp³-hybridized carbons (Fsp3) is 0.833. The van der Waals surface area contributed by atoms with E-state index in [4.69, 9.17) is 33.2 Å². The summed E-state index contributed by atoms with van der Waals surface area (Å²) in [4.78, 5) is 46.4. The highest BCUT2D eigenvalue weighted by molar-refractivity contribution is 5.78. The predicted molar refractivity (Wildman–Crippen MR) is 129 cm³/mol. The Morgan fingerprint density at radius 2 is 1.36 bits per heavy atom. The first-order valence-electron chi connectivity index (χ1n) is 12.4. The van der Waals surface area contributed by atoms with E-state index in [1.165, 1.54) is 0 Å². The first-order valence-corrected chi connectivity index (χ1v) is 12.4. The van der Waals surface area contributed by atoms with Gasteiger partial charge in [0.25, 0.3) is 0 Å². The SMILES string of the molecule is CCC(=O)OC[C@H](CCC(=O)CCCOCCOCCNC(=O)OCCOCCOC)OC(=O)CC. The second-order valence-electron chi connectivity index (χ2n) is 7.58. The molecule has 0 unspecified atom stereocenters. The Kier molecular flexibility index (Phi) is 22.9. The molecule has 0 aliphatic carbocycles. The van der Waals surface area contributed by atoms with Gasteiger partial charge in [-0.1, -0.05) is 13.8 Å². The molecule has 0 aromatic heterocycles. The number of ether oxygens (including phenoxy) is 7. The highest BCUT2D eigenvalue weighted by Crippen LogP contribution is 2.09. The average molecular weight is 522 g/mol. The molecule has 0 aliphatic rings. The van der Waals surface area contributed by atoms with E-state index in [9.17, 15) is 19.2 Å². The summed E-state index contributed by atoms with van der Waals surface area (Å²) in [6.07, 6.45) is 0.719. The van der Waals surface area contributed by atoms with Crippen molar-refractivity contribution in [2.75, 3.05) is 73.1 Å². The average Bonchev–Trinajstić information content (AvgIpc) is 2.88. The second-order valence-corrected chi connectivity index (χ2v) is 7.58. The highest BCUT2D eigenvalue weighted by atomic mass is 16.6. The molecule has 0 bridgehead atoms. The molecule has 36 heavy (non-hydrogen) atoms. The fourth-order valence-corrected chi connectivity index (χ4v) is 2.59. The number of ketones is 1. The molecule has 0 saturated carbocycles. The van der Waals surface area contributed by atoms with Crippen molar-refractivity contribution in [1.29, 1.82) is 0 Å². The number of carbonyl (C=O) groups is 4. The van der Waals surface area contributed by atoms with Gasteiger partial charge in [0.05, 0.1) is 39.6 Å². The van der Waals surface area contributed by atoms with Gasteiger partial charge in [0.2, 0.25) is 0 Å². The summed E-state index contributed by atoms with van der Waals surface area (Å²) in [5.74, 6) is -0.756. The Morgan fingerprint density at radius 3 is 2.06 bits per heavy atom. The molecule has 0 heterocycles. The van der Waals surface area contributed by atoms with E-state index in [0.717, 1.165) is 0 Å². The monoisotopic (exact) mass is 521 g/mol. The third-order valence-corrected chi connectivity index (χ3v) is 4.58. The van der Waals surface area contributed by atoms with E-state index < -0.39 is 18.2 Å². The molecule has 0 rings (SSSR count). The Labute approximate surface area is 213 Å². The van der Waals surface area contributed by atoms with Gasteiger partial charge in [-0.15, -0.1) is 0 Å². The van der Waals surface area contributed by atoms with Crippen molar-refractivity contribution in [3.8, 4) is 0 Å². The summed E-state index contributed by atoms with van der Waals surface area (Å²) in [6.45, 7) is 6.48. The summed E-state index contributed by atoms with van der Waals surface area (Å²) in [6, 6.07) is 0. The normalized spacial score (nSPS) is 11.5. The zero-order chi connectivity index (χ0) is 26.9. The van der Waals surface area contributed by atoms with Crippen LogP contribution in [-0.4, -0.2) is 103 Å². The van der Waals surface area contributed by atoms with E-state index in [1.807, 2.05) is 0 Å². The maximum Gasteiger partial charge on any atom is 0.407 e. The van der Waals surface area contributed by atoms with Gasteiger partial charge in [0.1, 0.15) is 25.1 Å². The lowest BCUT2D eigenvalue weighted by Gasteiger charge is -2.17. The first kappa shape index (κ1) is 33.7. The standard InChI is InChI=1S/C24H43NO11/c1-4-22(27)35-19-21(36-23(28)5-2)9-8-20(26)7-6-11-31-15-16-32-12-10-25-24(29)34-18-17-33-14-13-30-3/h21H,4-19H2,1-3H3,(H,25,29)/t21-/m0/s1. The molecule has 0 aromatic carbocycles. The summed E-state index contributed by atoms with van der Waals surface area (Å²) < 4.78 is 36.0. The molecule has 0 fully saturated rings. The van der Waals surface area contributed by atoms with Gasteiger partial charge in [-0.3, -0.25) is 14.4 Å².